The zero-order chi connectivity index (χ0) is 37.5. The number of carbonyl (C=O) groups is 2. The van der Waals surface area contributed by atoms with E-state index < -0.39 is 12.2 Å². The van der Waals surface area contributed by atoms with Crippen molar-refractivity contribution in [2.75, 3.05) is 6.54 Å². The molecule has 280 valence electrons. The van der Waals surface area contributed by atoms with Gasteiger partial charge in [-0.25, -0.2) is 5.48 Å². The van der Waals surface area contributed by atoms with Crippen LogP contribution in [-0.2, 0) is 45.3 Å². The third kappa shape index (κ3) is 11.4. The molecule has 0 aromatic heterocycles. The molecule has 54 heavy (non-hydrogen) atoms. The average molecular weight is 728 g/mol. The number of hydrogen-bond acceptors (Lipinski definition) is 7. The van der Waals surface area contributed by atoms with Crippen LogP contribution in [0.15, 0.2) is 133 Å². The lowest BCUT2D eigenvalue weighted by atomic mass is 9.98. The number of ether oxygens (including phenoxy) is 2. The first-order valence-electron chi connectivity index (χ1n) is 18.7. The molecule has 1 fully saturated rings. The van der Waals surface area contributed by atoms with E-state index in [0.29, 0.717) is 32.2 Å². The van der Waals surface area contributed by atoms with Crippen LogP contribution < -0.4 is 10.8 Å². The number of benzene rings is 5. The smallest absolute Gasteiger partial charge is 0.243 e. The first kappa shape index (κ1) is 38.6. The maximum Gasteiger partial charge on any atom is 0.243 e. The van der Waals surface area contributed by atoms with Crippen molar-refractivity contribution in [2.24, 2.45) is 0 Å². The number of unbranched alkanes of at least 4 members (excludes halogenated alkanes) is 1. The molecule has 1 aliphatic rings. The van der Waals surface area contributed by atoms with Gasteiger partial charge in [0.25, 0.3) is 0 Å². The molecule has 4 N–H and O–H groups in total. The van der Waals surface area contributed by atoms with Crippen molar-refractivity contribution in [1.29, 1.82) is 0 Å². The second-order valence-electron chi connectivity index (χ2n) is 13.8. The average Bonchev–Trinajstić information content (AvgIpc) is 3.22. The van der Waals surface area contributed by atoms with E-state index in [2.05, 4.69) is 95.1 Å². The van der Waals surface area contributed by atoms with Crippen LogP contribution in [-0.4, -0.2) is 39.7 Å². The molecule has 0 bridgehead atoms. The number of amides is 2. The fraction of sp³-hybridized carbons (Fsp3) is 0.289. The summed E-state index contributed by atoms with van der Waals surface area (Å²) < 4.78 is 13.4. The lowest BCUT2D eigenvalue weighted by molar-refractivity contribution is -0.253. The quantitative estimate of drug-likeness (QED) is 0.0439. The molecule has 0 spiro atoms. The Hall–Kier alpha value is -5.16. The molecule has 3 unspecified atom stereocenters. The van der Waals surface area contributed by atoms with E-state index >= 15 is 0 Å². The van der Waals surface area contributed by atoms with Crippen LogP contribution in [0.1, 0.15) is 77.9 Å². The Labute approximate surface area is 317 Å². The Kier molecular flexibility index (Phi) is 14.1. The highest BCUT2D eigenvalue weighted by atomic mass is 16.7. The van der Waals surface area contributed by atoms with Gasteiger partial charge in [-0.1, -0.05) is 127 Å². The van der Waals surface area contributed by atoms with E-state index in [9.17, 15) is 14.7 Å². The number of carbonyl (C=O) groups excluding carboxylic acids is 2. The Morgan fingerprint density at radius 2 is 1.26 bits per heavy atom. The number of nitrogens with zero attached hydrogens (tertiary/aromatic N) is 1. The Balaban J connectivity index is 1.15. The van der Waals surface area contributed by atoms with Crippen LogP contribution >= 0.6 is 0 Å². The highest BCUT2D eigenvalue weighted by molar-refractivity contribution is 5.76. The van der Waals surface area contributed by atoms with E-state index in [-0.39, 0.29) is 31.1 Å². The second-order valence-corrected chi connectivity index (χ2v) is 13.8. The highest BCUT2D eigenvalue weighted by Crippen LogP contribution is 2.39. The largest absolute Gasteiger partial charge is 0.392 e. The standard InChI is InChI=1S/C45H49N3O6/c49-32-35-18-20-38(21-19-35)42-27-41(31-48(29-33-10-3-1-4-11-33)30-34-12-5-2-6-13-34)53-45(54-42)39-24-22-37(23-25-39)40-15-9-14-36(26-40)28-46-43(50)16-7-8-17-44(51)47-52/h1-6,9-15,18-26,41-42,45,49,52H,7-8,16-17,27-32H2,(H,46,50)(H,47,51). The molecule has 6 rings (SSSR count). The van der Waals surface area contributed by atoms with Crippen LogP contribution in [0, 0.1) is 0 Å². The monoisotopic (exact) mass is 727 g/mol. The van der Waals surface area contributed by atoms with Crippen molar-refractivity contribution in [2.45, 2.75) is 76.8 Å². The first-order valence-corrected chi connectivity index (χ1v) is 18.7. The summed E-state index contributed by atoms with van der Waals surface area (Å²) in [7, 11) is 0. The molecule has 0 saturated carbocycles. The molecular weight excluding hydrogens is 679 g/mol. The zero-order valence-electron chi connectivity index (χ0n) is 30.5. The molecule has 2 amide bonds. The number of aliphatic hydroxyl groups is 1. The summed E-state index contributed by atoms with van der Waals surface area (Å²) in [6.07, 6.45) is 1.42. The lowest BCUT2D eigenvalue weighted by Crippen LogP contribution is -2.39. The zero-order valence-corrected chi connectivity index (χ0v) is 30.5. The summed E-state index contributed by atoms with van der Waals surface area (Å²) in [5, 5.41) is 21.2. The van der Waals surface area contributed by atoms with Crippen molar-refractivity contribution >= 4 is 11.8 Å². The third-order valence-corrected chi connectivity index (χ3v) is 9.69. The van der Waals surface area contributed by atoms with Crippen LogP contribution in [0.2, 0.25) is 0 Å². The Morgan fingerprint density at radius 1 is 0.648 bits per heavy atom. The molecular formula is C45H49N3O6. The maximum atomic E-state index is 12.4. The minimum absolute atomic E-state index is 0.00691. The van der Waals surface area contributed by atoms with Crippen molar-refractivity contribution in [3.8, 4) is 11.1 Å². The number of rotatable bonds is 17. The minimum Gasteiger partial charge on any atom is -0.392 e. The SMILES string of the molecule is O=C(CCCCC(=O)NCc1cccc(-c2ccc(C3OC(CN(Cc4ccccc4)Cc4ccccc4)CC(c4ccc(CO)cc4)O3)cc2)c1)NO. The van der Waals surface area contributed by atoms with Gasteiger partial charge in [-0.15, -0.1) is 0 Å². The van der Waals surface area contributed by atoms with Crippen molar-refractivity contribution < 1.29 is 29.4 Å². The van der Waals surface area contributed by atoms with Gasteiger partial charge < -0.3 is 19.9 Å². The van der Waals surface area contributed by atoms with Crippen LogP contribution in [0.5, 0.6) is 0 Å². The van der Waals surface area contributed by atoms with Gasteiger partial charge in [0, 0.05) is 51.0 Å². The van der Waals surface area contributed by atoms with Crippen LogP contribution in [0.3, 0.4) is 0 Å². The predicted molar refractivity (Wildman–Crippen MR) is 208 cm³/mol. The van der Waals surface area contributed by atoms with Crippen molar-refractivity contribution in [3.05, 3.63) is 167 Å². The number of nitrogens with one attached hydrogen (secondary N) is 2. The summed E-state index contributed by atoms with van der Waals surface area (Å²) in [6.45, 7) is 2.70. The van der Waals surface area contributed by atoms with E-state index in [4.69, 9.17) is 14.7 Å². The van der Waals surface area contributed by atoms with Crippen LogP contribution in [0.4, 0.5) is 0 Å². The van der Waals surface area contributed by atoms with Crippen molar-refractivity contribution in [3.63, 3.8) is 0 Å². The van der Waals surface area contributed by atoms with Gasteiger partial charge in [0.15, 0.2) is 6.29 Å². The highest BCUT2D eigenvalue weighted by Gasteiger charge is 2.33. The first-order chi connectivity index (χ1) is 26.4. The van der Waals surface area contributed by atoms with Gasteiger partial charge in [0.05, 0.1) is 18.8 Å². The predicted octanol–water partition coefficient (Wildman–Crippen LogP) is 7.78. The summed E-state index contributed by atoms with van der Waals surface area (Å²) in [5.74, 6) is -0.524. The molecule has 9 nitrogen and oxygen atoms in total. The van der Waals surface area contributed by atoms with Gasteiger partial charge in [-0.05, 0) is 57.9 Å². The molecule has 9 heteroatoms. The molecule has 3 atom stereocenters. The fourth-order valence-corrected chi connectivity index (χ4v) is 6.80. The summed E-state index contributed by atoms with van der Waals surface area (Å²) in [6, 6.07) is 45.4. The molecule has 1 heterocycles. The van der Waals surface area contributed by atoms with E-state index in [0.717, 1.165) is 53.0 Å². The minimum atomic E-state index is -0.574. The maximum absolute atomic E-state index is 12.4. The molecule has 5 aromatic rings. The van der Waals surface area contributed by atoms with E-state index in [1.54, 1.807) is 5.48 Å². The van der Waals surface area contributed by atoms with Gasteiger partial charge in [-0.2, -0.15) is 0 Å². The number of aliphatic hydroxyl groups excluding tert-OH is 1. The van der Waals surface area contributed by atoms with E-state index in [1.165, 1.54) is 11.1 Å². The van der Waals surface area contributed by atoms with Crippen molar-refractivity contribution in [1.82, 2.24) is 15.7 Å². The molecule has 0 aliphatic carbocycles. The summed E-state index contributed by atoms with van der Waals surface area (Å²) in [4.78, 5) is 26.0. The summed E-state index contributed by atoms with van der Waals surface area (Å²) in [5.41, 5.74) is 10.0. The third-order valence-electron chi connectivity index (χ3n) is 9.69. The lowest BCUT2D eigenvalue weighted by Gasteiger charge is -2.38. The normalized spacial score (nSPS) is 16.9. The van der Waals surface area contributed by atoms with E-state index in [1.807, 2.05) is 48.5 Å². The number of hydrogen-bond donors (Lipinski definition) is 4. The second kappa shape index (κ2) is 19.8. The molecule has 1 aliphatic heterocycles. The Morgan fingerprint density at radius 3 is 1.89 bits per heavy atom. The van der Waals surface area contributed by atoms with Gasteiger partial charge >= 0.3 is 0 Å². The number of hydroxylamine groups is 1. The molecule has 5 aromatic carbocycles. The van der Waals surface area contributed by atoms with Gasteiger partial charge in [0.1, 0.15) is 0 Å². The Bertz CT molecular complexity index is 1860. The van der Waals surface area contributed by atoms with Crippen LogP contribution in [0.25, 0.3) is 11.1 Å². The molecule has 0 radical (unpaired) electrons. The van der Waals surface area contributed by atoms with Gasteiger partial charge in [0.2, 0.25) is 11.8 Å². The molecule has 1 saturated heterocycles. The van der Waals surface area contributed by atoms with Gasteiger partial charge in [-0.3, -0.25) is 19.7 Å². The fourth-order valence-electron chi connectivity index (χ4n) is 6.80. The summed E-state index contributed by atoms with van der Waals surface area (Å²) >= 11 is 0. The topological polar surface area (TPSA) is 120 Å².